The minimum atomic E-state index is -5.03. The van der Waals surface area contributed by atoms with Gasteiger partial charge in [0.2, 0.25) is 0 Å². The molecule has 2 atom stereocenters. The lowest BCUT2D eigenvalue weighted by Gasteiger charge is -2.25. The number of nitrogens with zero attached hydrogens (tertiary/aromatic N) is 1. The van der Waals surface area contributed by atoms with Gasteiger partial charge >= 0.3 is 18.2 Å². The number of alkyl halides is 3. The van der Waals surface area contributed by atoms with E-state index in [4.69, 9.17) is 5.11 Å². The summed E-state index contributed by atoms with van der Waals surface area (Å²) in [5, 5.41) is 18.2. The highest BCUT2D eigenvalue weighted by Crippen LogP contribution is 2.40. The first-order valence-electron chi connectivity index (χ1n) is 5.18. The number of halogens is 3. The highest BCUT2D eigenvalue weighted by atomic mass is 19.4. The summed E-state index contributed by atoms with van der Waals surface area (Å²) in [5.74, 6) is -1.64. The maximum absolute atomic E-state index is 12.6. The molecule has 0 aromatic rings. The molecule has 0 aromatic heterocycles. The van der Waals surface area contributed by atoms with Gasteiger partial charge in [0.1, 0.15) is 12.6 Å². The third-order valence-corrected chi connectivity index (χ3v) is 2.71. The van der Waals surface area contributed by atoms with E-state index in [1.807, 2.05) is 0 Å². The first-order chi connectivity index (χ1) is 8.62. The minimum Gasteiger partial charge on any atom is -0.480 e. The van der Waals surface area contributed by atoms with E-state index < -0.39 is 42.8 Å². The Labute approximate surface area is 106 Å². The Bertz CT molecular complexity index is 397. The van der Waals surface area contributed by atoms with Gasteiger partial charge in [0.15, 0.2) is 5.60 Å². The summed E-state index contributed by atoms with van der Waals surface area (Å²) < 4.78 is 42.4. The van der Waals surface area contributed by atoms with E-state index in [-0.39, 0.29) is 6.61 Å². The number of amides is 1. The number of hydrogen-bond donors (Lipinski definition) is 2. The fourth-order valence-corrected chi connectivity index (χ4v) is 1.72. The molecule has 108 valence electrons. The molecule has 9 heteroatoms. The molecule has 1 aliphatic rings. The van der Waals surface area contributed by atoms with Crippen molar-refractivity contribution >= 4 is 12.1 Å². The van der Waals surface area contributed by atoms with E-state index in [2.05, 4.69) is 11.3 Å². The molecule has 1 fully saturated rings. The molecule has 6 nitrogen and oxygen atoms in total. The lowest BCUT2D eigenvalue weighted by Crippen LogP contribution is -2.48. The van der Waals surface area contributed by atoms with Crippen LogP contribution in [0.1, 0.15) is 6.42 Å². The smallest absolute Gasteiger partial charge is 0.419 e. The minimum absolute atomic E-state index is 0.272. The summed E-state index contributed by atoms with van der Waals surface area (Å²) in [6.45, 7) is 1.79. The van der Waals surface area contributed by atoms with Crippen LogP contribution in [-0.2, 0) is 9.53 Å². The van der Waals surface area contributed by atoms with Crippen molar-refractivity contribution in [1.82, 2.24) is 4.90 Å². The van der Waals surface area contributed by atoms with Crippen LogP contribution in [0, 0.1) is 0 Å². The summed E-state index contributed by atoms with van der Waals surface area (Å²) in [6.07, 6.45) is -6.23. The molecule has 19 heavy (non-hydrogen) atoms. The topological polar surface area (TPSA) is 87.1 Å². The average molecular weight is 283 g/mol. The van der Waals surface area contributed by atoms with Gasteiger partial charge in [0, 0.05) is 6.42 Å². The van der Waals surface area contributed by atoms with Gasteiger partial charge < -0.3 is 14.9 Å². The van der Waals surface area contributed by atoms with Crippen LogP contribution in [0.5, 0.6) is 0 Å². The maximum Gasteiger partial charge on any atom is 0.419 e. The summed E-state index contributed by atoms with van der Waals surface area (Å²) in [7, 11) is 0. The first-order valence-corrected chi connectivity index (χ1v) is 5.18. The molecule has 1 heterocycles. The summed E-state index contributed by atoms with van der Waals surface area (Å²) in [6, 6.07) is -1.79. The van der Waals surface area contributed by atoms with Crippen molar-refractivity contribution in [2.75, 3.05) is 13.2 Å². The molecule has 0 aliphatic carbocycles. The molecule has 0 spiro atoms. The predicted octanol–water partition coefficient (Wildman–Crippen LogP) is 0.761. The van der Waals surface area contributed by atoms with Crippen molar-refractivity contribution in [2.45, 2.75) is 24.2 Å². The monoisotopic (exact) mass is 283 g/mol. The third kappa shape index (κ3) is 2.98. The fourth-order valence-electron chi connectivity index (χ4n) is 1.72. The molecule has 0 saturated carbocycles. The second-order valence-corrected chi connectivity index (χ2v) is 4.08. The number of hydrogen-bond acceptors (Lipinski definition) is 4. The molecular weight excluding hydrogens is 271 g/mol. The van der Waals surface area contributed by atoms with E-state index in [0.717, 1.165) is 0 Å². The molecule has 0 unspecified atom stereocenters. The van der Waals surface area contributed by atoms with Gasteiger partial charge in [-0.2, -0.15) is 13.2 Å². The number of carbonyl (C=O) groups excluding carboxylic acids is 1. The number of rotatable bonds is 3. The van der Waals surface area contributed by atoms with E-state index in [1.165, 1.54) is 6.08 Å². The molecule has 0 bridgehead atoms. The highest BCUT2D eigenvalue weighted by molar-refractivity contribution is 5.81. The Kier molecular flexibility index (Phi) is 4.09. The third-order valence-electron chi connectivity index (χ3n) is 2.71. The Morgan fingerprint density at radius 3 is 2.53 bits per heavy atom. The first kappa shape index (κ1) is 15.3. The zero-order chi connectivity index (χ0) is 14.8. The Morgan fingerprint density at radius 1 is 1.53 bits per heavy atom. The van der Waals surface area contributed by atoms with Crippen LogP contribution in [0.2, 0.25) is 0 Å². The van der Waals surface area contributed by atoms with E-state index in [1.54, 1.807) is 0 Å². The average Bonchev–Trinajstić information content (AvgIpc) is 2.65. The Morgan fingerprint density at radius 2 is 2.11 bits per heavy atom. The molecule has 2 N–H and O–H groups in total. The zero-order valence-corrected chi connectivity index (χ0v) is 9.68. The van der Waals surface area contributed by atoms with Crippen LogP contribution in [0.3, 0.4) is 0 Å². The zero-order valence-electron chi connectivity index (χ0n) is 9.68. The molecule has 1 rings (SSSR count). The number of ether oxygens (including phenoxy) is 1. The maximum atomic E-state index is 12.6. The van der Waals surface area contributed by atoms with Crippen molar-refractivity contribution in [1.29, 1.82) is 0 Å². The molecular formula is C10H12F3NO5. The number of β-amino-alcohol motifs (C(OH)–C–C–N with tert-alkyl or cyclic N) is 1. The van der Waals surface area contributed by atoms with Crippen molar-refractivity contribution in [3.8, 4) is 0 Å². The number of carbonyl (C=O) groups is 2. The summed E-state index contributed by atoms with van der Waals surface area (Å²) in [5.41, 5.74) is -3.25. The fraction of sp³-hybridized carbons (Fsp3) is 0.600. The van der Waals surface area contributed by atoms with Crippen LogP contribution >= 0.6 is 0 Å². The van der Waals surface area contributed by atoms with Gasteiger partial charge in [0.25, 0.3) is 0 Å². The Balaban J connectivity index is 2.94. The predicted molar refractivity (Wildman–Crippen MR) is 55.3 cm³/mol. The van der Waals surface area contributed by atoms with E-state index >= 15 is 0 Å². The van der Waals surface area contributed by atoms with Gasteiger partial charge in [-0.05, 0) is 0 Å². The van der Waals surface area contributed by atoms with Gasteiger partial charge in [-0.15, -0.1) is 0 Å². The van der Waals surface area contributed by atoms with E-state index in [9.17, 15) is 27.9 Å². The molecule has 0 radical (unpaired) electrons. The van der Waals surface area contributed by atoms with Crippen molar-refractivity contribution in [3.05, 3.63) is 12.7 Å². The summed E-state index contributed by atoms with van der Waals surface area (Å²) in [4.78, 5) is 22.7. The van der Waals surface area contributed by atoms with Crippen molar-refractivity contribution in [2.24, 2.45) is 0 Å². The van der Waals surface area contributed by atoms with Gasteiger partial charge in [-0.1, -0.05) is 12.7 Å². The second kappa shape index (κ2) is 5.08. The van der Waals surface area contributed by atoms with Crippen LogP contribution < -0.4 is 0 Å². The molecule has 1 aliphatic heterocycles. The van der Waals surface area contributed by atoms with Crippen LogP contribution in [0.25, 0.3) is 0 Å². The van der Waals surface area contributed by atoms with E-state index in [0.29, 0.717) is 4.90 Å². The SMILES string of the molecule is C=CCOC(=O)N1C[C@](O)(C(F)(F)F)C[C@H]1C(=O)O. The largest absolute Gasteiger partial charge is 0.480 e. The Hall–Kier alpha value is -1.77. The van der Waals surface area contributed by atoms with Crippen molar-refractivity contribution in [3.63, 3.8) is 0 Å². The number of aliphatic hydroxyl groups is 1. The lowest BCUT2D eigenvalue weighted by atomic mass is 10.00. The number of likely N-dealkylation sites (tertiary alicyclic amines) is 1. The standard InChI is InChI=1S/C10H12F3NO5/c1-2-3-19-8(17)14-5-9(18,10(11,12)13)4-6(14)7(15)16/h2,6,18H,1,3-5H2,(H,15,16)/t6-,9-/m0/s1. The molecule has 1 amide bonds. The molecule has 0 aromatic carbocycles. The highest BCUT2D eigenvalue weighted by Gasteiger charge is 2.62. The van der Waals surface area contributed by atoms with Gasteiger partial charge in [0.05, 0.1) is 6.54 Å². The van der Waals surface area contributed by atoms with Gasteiger partial charge in [-0.25, -0.2) is 9.59 Å². The quantitative estimate of drug-likeness (QED) is 0.747. The second-order valence-electron chi connectivity index (χ2n) is 4.08. The van der Waals surface area contributed by atoms with Crippen molar-refractivity contribution < 1.29 is 37.7 Å². The lowest BCUT2D eigenvalue weighted by molar-refractivity contribution is -0.253. The van der Waals surface area contributed by atoms with Crippen LogP contribution in [0.15, 0.2) is 12.7 Å². The molecule has 1 saturated heterocycles. The number of carboxylic acids is 1. The van der Waals surface area contributed by atoms with Gasteiger partial charge in [-0.3, -0.25) is 4.90 Å². The summed E-state index contributed by atoms with van der Waals surface area (Å²) >= 11 is 0. The van der Waals surface area contributed by atoms with Crippen LogP contribution in [0.4, 0.5) is 18.0 Å². The van der Waals surface area contributed by atoms with Crippen LogP contribution in [-0.4, -0.2) is 58.1 Å². The normalized spacial score (nSPS) is 27.2. The number of carboxylic acid groups (broad SMARTS) is 1. The number of aliphatic carboxylic acids is 1.